The van der Waals surface area contributed by atoms with Gasteiger partial charge in [-0.15, -0.1) is 0 Å². The van der Waals surface area contributed by atoms with E-state index >= 15 is 0 Å². The Morgan fingerprint density at radius 1 is 1.03 bits per heavy atom. The molecule has 0 spiro atoms. The summed E-state index contributed by atoms with van der Waals surface area (Å²) in [5, 5.41) is 3.32. The van der Waals surface area contributed by atoms with Crippen LogP contribution >= 0.6 is 11.6 Å². The highest BCUT2D eigenvalue weighted by Gasteiger charge is 2.28. The third kappa shape index (κ3) is 6.13. The van der Waals surface area contributed by atoms with Crippen molar-refractivity contribution in [3.05, 3.63) is 94.5 Å². The van der Waals surface area contributed by atoms with Crippen LogP contribution in [0.2, 0.25) is 5.02 Å². The average molecular weight is 487 g/mol. The van der Waals surface area contributed by atoms with E-state index in [1.54, 1.807) is 7.11 Å². The summed E-state index contributed by atoms with van der Waals surface area (Å²) in [6.07, 6.45) is 0. The molecule has 0 aliphatic rings. The maximum Gasteiger partial charge on any atom is 0.243 e. The highest BCUT2D eigenvalue weighted by molar-refractivity contribution is 7.89. The van der Waals surface area contributed by atoms with Crippen molar-refractivity contribution < 1.29 is 17.9 Å². The first-order chi connectivity index (χ1) is 15.7. The van der Waals surface area contributed by atoms with E-state index in [4.69, 9.17) is 16.3 Å². The van der Waals surface area contributed by atoms with Gasteiger partial charge in [-0.3, -0.25) is 4.79 Å². The van der Waals surface area contributed by atoms with Gasteiger partial charge in [-0.2, -0.15) is 4.31 Å². The maximum atomic E-state index is 13.4. The molecule has 3 aromatic rings. The molecular formula is C25H27ClN2O4S. The van der Waals surface area contributed by atoms with Crippen LogP contribution in [-0.2, 0) is 21.4 Å². The first-order valence-electron chi connectivity index (χ1n) is 10.4. The quantitative estimate of drug-likeness (QED) is 0.474. The number of amides is 1. The van der Waals surface area contributed by atoms with Gasteiger partial charge in [0.05, 0.1) is 24.6 Å². The summed E-state index contributed by atoms with van der Waals surface area (Å²) < 4.78 is 33.4. The van der Waals surface area contributed by atoms with Crippen LogP contribution in [0.1, 0.15) is 29.7 Å². The Balaban J connectivity index is 1.86. The minimum Gasteiger partial charge on any atom is -0.496 e. The van der Waals surface area contributed by atoms with Gasteiger partial charge in [0.25, 0.3) is 0 Å². The highest BCUT2D eigenvalue weighted by atomic mass is 35.5. The Bertz CT molecular complexity index is 1210. The van der Waals surface area contributed by atoms with Gasteiger partial charge in [-0.1, -0.05) is 54.1 Å². The van der Waals surface area contributed by atoms with Crippen LogP contribution in [0.15, 0.2) is 77.7 Å². The van der Waals surface area contributed by atoms with Gasteiger partial charge >= 0.3 is 0 Å². The summed E-state index contributed by atoms with van der Waals surface area (Å²) in [4.78, 5) is 13.0. The zero-order chi connectivity index (χ0) is 24.0. The van der Waals surface area contributed by atoms with Gasteiger partial charge in [0.1, 0.15) is 5.75 Å². The molecule has 0 fully saturated rings. The van der Waals surface area contributed by atoms with E-state index in [9.17, 15) is 13.2 Å². The fourth-order valence-electron chi connectivity index (χ4n) is 3.51. The van der Waals surface area contributed by atoms with Gasteiger partial charge in [-0.05, 0) is 55.3 Å². The van der Waals surface area contributed by atoms with Gasteiger partial charge in [0.2, 0.25) is 15.9 Å². The van der Waals surface area contributed by atoms with Crippen LogP contribution in [0, 0.1) is 6.92 Å². The van der Waals surface area contributed by atoms with Crippen LogP contribution in [0.5, 0.6) is 5.75 Å². The van der Waals surface area contributed by atoms with Crippen molar-refractivity contribution in [2.75, 3.05) is 13.7 Å². The monoisotopic (exact) mass is 486 g/mol. The van der Waals surface area contributed by atoms with Crippen molar-refractivity contribution in [2.45, 2.75) is 31.3 Å². The Labute approximate surface area is 200 Å². The average Bonchev–Trinajstić information content (AvgIpc) is 2.80. The molecule has 8 heteroatoms. The Morgan fingerprint density at radius 3 is 2.33 bits per heavy atom. The Hall–Kier alpha value is -2.87. The largest absolute Gasteiger partial charge is 0.496 e. The second kappa shape index (κ2) is 10.8. The van der Waals surface area contributed by atoms with Crippen molar-refractivity contribution in [2.24, 2.45) is 0 Å². The van der Waals surface area contributed by atoms with E-state index in [2.05, 4.69) is 5.32 Å². The zero-order valence-electron chi connectivity index (χ0n) is 18.8. The van der Waals surface area contributed by atoms with Crippen molar-refractivity contribution in [1.29, 1.82) is 0 Å². The van der Waals surface area contributed by atoms with Crippen LogP contribution in [0.25, 0.3) is 0 Å². The predicted octanol–water partition coefficient (Wildman–Crippen LogP) is 4.73. The number of rotatable bonds is 9. The molecule has 0 aliphatic heterocycles. The van der Waals surface area contributed by atoms with Crippen molar-refractivity contribution in [3.8, 4) is 5.75 Å². The number of methoxy groups -OCH3 is 1. The standard InChI is InChI=1S/C25H27ClN2O4S/c1-18-8-4-5-9-20(18)16-28(33(30,31)22-14-12-21(26)13-15-22)17-25(29)27-19(2)23-10-6-7-11-24(23)32-3/h4-15,19H,16-17H2,1-3H3,(H,27,29)/t19-/m0/s1. The summed E-state index contributed by atoms with van der Waals surface area (Å²) in [7, 11) is -2.39. The number of halogens is 1. The summed E-state index contributed by atoms with van der Waals surface area (Å²) in [6.45, 7) is 3.47. The smallest absolute Gasteiger partial charge is 0.243 e. The molecule has 3 aromatic carbocycles. The number of nitrogens with zero attached hydrogens (tertiary/aromatic N) is 1. The van der Waals surface area contributed by atoms with E-state index < -0.39 is 15.9 Å². The van der Waals surface area contributed by atoms with E-state index in [1.807, 2.05) is 62.4 Å². The molecule has 3 rings (SSSR count). The first kappa shape index (κ1) is 24.8. The van der Waals surface area contributed by atoms with Crippen molar-refractivity contribution >= 4 is 27.5 Å². The molecule has 33 heavy (non-hydrogen) atoms. The second-order valence-electron chi connectivity index (χ2n) is 7.68. The number of sulfonamides is 1. The summed E-state index contributed by atoms with van der Waals surface area (Å²) in [5.74, 6) is 0.232. The summed E-state index contributed by atoms with van der Waals surface area (Å²) in [5.41, 5.74) is 2.57. The van der Waals surface area contributed by atoms with Gasteiger partial charge < -0.3 is 10.1 Å². The number of ether oxygens (including phenoxy) is 1. The lowest BCUT2D eigenvalue weighted by atomic mass is 10.1. The molecule has 0 heterocycles. The normalized spacial score (nSPS) is 12.4. The molecule has 0 radical (unpaired) electrons. The topological polar surface area (TPSA) is 75.7 Å². The van der Waals surface area contributed by atoms with E-state index in [0.717, 1.165) is 16.7 Å². The lowest BCUT2D eigenvalue weighted by molar-refractivity contribution is -0.122. The molecule has 0 aromatic heterocycles. The number of hydrogen-bond acceptors (Lipinski definition) is 4. The molecule has 0 saturated carbocycles. The second-order valence-corrected chi connectivity index (χ2v) is 10.1. The fourth-order valence-corrected chi connectivity index (χ4v) is 5.01. The van der Waals surface area contributed by atoms with Crippen LogP contribution < -0.4 is 10.1 Å². The number of aryl methyl sites for hydroxylation is 1. The molecule has 0 aliphatic carbocycles. The lowest BCUT2D eigenvalue weighted by Gasteiger charge is -2.24. The number of para-hydroxylation sites is 1. The minimum absolute atomic E-state index is 0.0636. The lowest BCUT2D eigenvalue weighted by Crippen LogP contribution is -2.41. The number of benzene rings is 3. The number of nitrogens with one attached hydrogen (secondary N) is 1. The first-order valence-corrected chi connectivity index (χ1v) is 12.3. The predicted molar refractivity (Wildman–Crippen MR) is 130 cm³/mol. The summed E-state index contributed by atoms with van der Waals surface area (Å²) in [6, 6.07) is 20.4. The Kier molecular flexibility index (Phi) is 8.13. The fraction of sp³-hybridized carbons (Fsp3) is 0.240. The van der Waals surface area contributed by atoms with E-state index in [1.165, 1.54) is 28.6 Å². The molecule has 174 valence electrons. The molecule has 0 saturated heterocycles. The summed E-state index contributed by atoms with van der Waals surface area (Å²) >= 11 is 5.93. The molecule has 1 atom stereocenters. The number of carbonyl (C=O) groups excluding carboxylic acids is 1. The minimum atomic E-state index is -3.95. The zero-order valence-corrected chi connectivity index (χ0v) is 20.4. The van der Waals surface area contributed by atoms with Gasteiger partial charge in [0, 0.05) is 17.1 Å². The van der Waals surface area contributed by atoms with Crippen LogP contribution in [0.4, 0.5) is 0 Å². The molecular weight excluding hydrogens is 460 g/mol. The number of carbonyl (C=O) groups is 1. The Morgan fingerprint density at radius 2 is 1.67 bits per heavy atom. The third-order valence-electron chi connectivity index (χ3n) is 5.36. The van der Waals surface area contributed by atoms with E-state index in [-0.39, 0.29) is 24.0 Å². The van der Waals surface area contributed by atoms with Gasteiger partial charge in [0.15, 0.2) is 0 Å². The van der Waals surface area contributed by atoms with Crippen molar-refractivity contribution in [1.82, 2.24) is 9.62 Å². The molecule has 0 unspecified atom stereocenters. The van der Waals surface area contributed by atoms with Crippen molar-refractivity contribution in [3.63, 3.8) is 0 Å². The van der Waals surface area contributed by atoms with Gasteiger partial charge in [-0.25, -0.2) is 8.42 Å². The SMILES string of the molecule is COc1ccccc1[C@H](C)NC(=O)CN(Cc1ccccc1C)S(=O)(=O)c1ccc(Cl)cc1. The van der Waals surface area contributed by atoms with E-state index in [0.29, 0.717) is 10.8 Å². The number of hydrogen-bond donors (Lipinski definition) is 1. The molecule has 1 amide bonds. The van der Waals surface area contributed by atoms with Crippen LogP contribution in [0.3, 0.4) is 0 Å². The highest BCUT2D eigenvalue weighted by Crippen LogP contribution is 2.25. The third-order valence-corrected chi connectivity index (χ3v) is 7.42. The maximum absolute atomic E-state index is 13.4. The molecule has 1 N–H and O–H groups in total. The molecule has 6 nitrogen and oxygen atoms in total. The van der Waals surface area contributed by atoms with Crippen LogP contribution in [-0.4, -0.2) is 32.3 Å². The molecule has 0 bridgehead atoms.